The first-order chi connectivity index (χ1) is 9.21. The molecule has 0 aliphatic carbocycles. The topological polar surface area (TPSA) is 92.5 Å². The lowest BCUT2D eigenvalue weighted by Crippen LogP contribution is -2.24. The Hall–Kier alpha value is -1.74. The number of nitrogens with zero attached hydrogens (tertiary/aromatic N) is 2. The van der Waals surface area contributed by atoms with Gasteiger partial charge in [-0.05, 0) is 6.42 Å². The first-order valence-corrected chi connectivity index (χ1v) is 7.30. The lowest BCUT2D eigenvalue weighted by molar-refractivity contribution is -0.385. The van der Waals surface area contributed by atoms with E-state index in [4.69, 9.17) is 0 Å². The molecule has 7 nitrogen and oxygen atoms in total. The van der Waals surface area contributed by atoms with Crippen LogP contribution in [0.2, 0.25) is 0 Å². The number of sulfonamides is 1. The molecule has 0 saturated heterocycles. The van der Waals surface area contributed by atoms with Crippen LogP contribution in [0.4, 0.5) is 15.8 Å². The largest absolute Gasteiger partial charge is 0.384 e. The Kier molecular flexibility index (Phi) is 5.01. The SMILES string of the molecule is CCCNc1cc([N+](=O)[O-])cc(F)c1S(=O)(=O)N(C)C. The Balaban J connectivity index is 3.53. The van der Waals surface area contributed by atoms with E-state index in [0.29, 0.717) is 19.0 Å². The number of rotatable bonds is 6. The molecule has 0 amide bonds. The molecule has 0 aliphatic rings. The van der Waals surface area contributed by atoms with E-state index in [2.05, 4.69) is 5.32 Å². The normalized spacial score (nSPS) is 11.7. The summed E-state index contributed by atoms with van der Waals surface area (Å²) in [5.41, 5.74) is -0.606. The number of benzene rings is 1. The number of anilines is 1. The summed E-state index contributed by atoms with van der Waals surface area (Å²) in [5, 5.41) is 13.4. The fraction of sp³-hybridized carbons (Fsp3) is 0.455. The zero-order chi connectivity index (χ0) is 15.5. The van der Waals surface area contributed by atoms with Crippen molar-refractivity contribution < 1.29 is 17.7 Å². The average Bonchev–Trinajstić information content (AvgIpc) is 2.34. The summed E-state index contributed by atoms with van der Waals surface area (Å²) < 4.78 is 39.0. The zero-order valence-electron chi connectivity index (χ0n) is 11.4. The van der Waals surface area contributed by atoms with Crippen LogP contribution in [0.5, 0.6) is 0 Å². The van der Waals surface area contributed by atoms with Crippen molar-refractivity contribution in [3.05, 3.63) is 28.1 Å². The van der Waals surface area contributed by atoms with Gasteiger partial charge in [0, 0.05) is 26.7 Å². The van der Waals surface area contributed by atoms with E-state index >= 15 is 0 Å². The third kappa shape index (κ3) is 3.23. The summed E-state index contributed by atoms with van der Waals surface area (Å²) >= 11 is 0. The lowest BCUT2D eigenvalue weighted by atomic mass is 10.2. The summed E-state index contributed by atoms with van der Waals surface area (Å²) in [6, 6.07) is 1.63. The summed E-state index contributed by atoms with van der Waals surface area (Å²) in [5.74, 6) is -1.15. The molecule has 0 bridgehead atoms. The van der Waals surface area contributed by atoms with Crippen molar-refractivity contribution in [1.82, 2.24) is 4.31 Å². The molecule has 1 aromatic carbocycles. The monoisotopic (exact) mass is 305 g/mol. The fourth-order valence-electron chi connectivity index (χ4n) is 1.52. The molecule has 0 spiro atoms. The van der Waals surface area contributed by atoms with Crippen LogP contribution in [0.3, 0.4) is 0 Å². The third-order valence-electron chi connectivity index (χ3n) is 2.54. The van der Waals surface area contributed by atoms with Gasteiger partial charge < -0.3 is 5.32 Å². The smallest absolute Gasteiger partial charge is 0.274 e. The van der Waals surface area contributed by atoms with Crippen LogP contribution in [0, 0.1) is 15.9 Å². The van der Waals surface area contributed by atoms with Crippen molar-refractivity contribution in [2.75, 3.05) is 26.0 Å². The van der Waals surface area contributed by atoms with E-state index in [0.717, 1.165) is 10.4 Å². The van der Waals surface area contributed by atoms with Gasteiger partial charge in [-0.1, -0.05) is 6.92 Å². The van der Waals surface area contributed by atoms with Gasteiger partial charge in [-0.25, -0.2) is 17.1 Å². The maximum atomic E-state index is 14.0. The van der Waals surface area contributed by atoms with Crippen molar-refractivity contribution in [3.8, 4) is 0 Å². The number of hydrogen-bond donors (Lipinski definition) is 1. The average molecular weight is 305 g/mol. The molecule has 20 heavy (non-hydrogen) atoms. The molecule has 0 unspecified atom stereocenters. The van der Waals surface area contributed by atoms with Gasteiger partial charge in [0.05, 0.1) is 16.7 Å². The maximum absolute atomic E-state index is 14.0. The Morgan fingerprint density at radius 2 is 2.00 bits per heavy atom. The Bertz CT molecular complexity index is 616. The molecule has 9 heteroatoms. The zero-order valence-corrected chi connectivity index (χ0v) is 12.2. The Morgan fingerprint density at radius 3 is 2.45 bits per heavy atom. The molecule has 1 aromatic rings. The quantitative estimate of drug-likeness (QED) is 0.639. The number of nitrogens with one attached hydrogen (secondary N) is 1. The van der Waals surface area contributed by atoms with Crippen LogP contribution in [0.15, 0.2) is 17.0 Å². The van der Waals surface area contributed by atoms with Crippen LogP contribution in [0.1, 0.15) is 13.3 Å². The molecule has 1 rings (SSSR count). The van der Waals surface area contributed by atoms with E-state index in [9.17, 15) is 22.9 Å². The summed E-state index contributed by atoms with van der Waals surface area (Å²) in [4.78, 5) is 9.37. The minimum atomic E-state index is -4.04. The van der Waals surface area contributed by atoms with Crippen molar-refractivity contribution in [3.63, 3.8) is 0 Å². The lowest BCUT2D eigenvalue weighted by Gasteiger charge is -2.16. The Labute approximate surface area is 116 Å². The minimum absolute atomic E-state index is 0.104. The van der Waals surface area contributed by atoms with Gasteiger partial charge in [0.1, 0.15) is 4.90 Å². The molecular formula is C11H16FN3O4S. The first-order valence-electron chi connectivity index (χ1n) is 5.86. The highest BCUT2D eigenvalue weighted by Gasteiger charge is 2.28. The fourth-order valence-corrected chi connectivity index (χ4v) is 2.60. The van der Waals surface area contributed by atoms with E-state index in [-0.39, 0.29) is 5.69 Å². The van der Waals surface area contributed by atoms with Crippen LogP contribution in [-0.4, -0.2) is 38.3 Å². The summed E-state index contributed by atoms with van der Waals surface area (Å²) in [7, 11) is -1.51. The molecule has 112 valence electrons. The highest BCUT2D eigenvalue weighted by molar-refractivity contribution is 7.89. The van der Waals surface area contributed by atoms with Gasteiger partial charge in [-0.3, -0.25) is 10.1 Å². The van der Waals surface area contributed by atoms with E-state index in [1.807, 2.05) is 6.92 Å². The van der Waals surface area contributed by atoms with Crippen LogP contribution < -0.4 is 5.32 Å². The van der Waals surface area contributed by atoms with E-state index in [1.54, 1.807) is 0 Å². The first kappa shape index (κ1) is 16.3. The number of halogens is 1. The van der Waals surface area contributed by atoms with Gasteiger partial charge in [-0.2, -0.15) is 0 Å². The van der Waals surface area contributed by atoms with Crippen LogP contribution in [0.25, 0.3) is 0 Å². The molecule has 0 fully saturated rings. The van der Waals surface area contributed by atoms with E-state index < -0.39 is 31.3 Å². The second-order valence-electron chi connectivity index (χ2n) is 4.28. The van der Waals surface area contributed by atoms with E-state index in [1.165, 1.54) is 14.1 Å². The summed E-state index contributed by atoms with van der Waals surface area (Å²) in [6.07, 6.45) is 0.658. The van der Waals surface area contributed by atoms with Crippen molar-refractivity contribution >= 4 is 21.4 Å². The number of nitro groups is 1. The van der Waals surface area contributed by atoms with Crippen LogP contribution >= 0.6 is 0 Å². The van der Waals surface area contributed by atoms with Crippen molar-refractivity contribution in [2.24, 2.45) is 0 Å². The predicted molar refractivity (Wildman–Crippen MR) is 72.7 cm³/mol. The molecule has 0 aliphatic heterocycles. The standard InChI is InChI=1S/C11H16FN3O4S/c1-4-5-13-10-7-8(15(16)17)6-9(12)11(10)20(18,19)14(2)3/h6-7,13H,4-5H2,1-3H3. The highest BCUT2D eigenvalue weighted by Crippen LogP contribution is 2.31. The van der Waals surface area contributed by atoms with Crippen LogP contribution in [-0.2, 0) is 10.0 Å². The van der Waals surface area contributed by atoms with Crippen molar-refractivity contribution in [2.45, 2.75) is 18.2 Å². The third-order valence-corrected chi connectivity index (χ3v) is 4.44. The van der Waals surface area contributed by atoms with Gasteiger partial charge >= 0.3 is 0 Å². The van der Waals surface area contributed by atoms with Crippen molar-refractivity contribution in [1.29, 1.82) is 0 Å². The predicted octanol–water partition coefficient (Wildman–Crippen LogP) is 1.81. The van der Waals surface area contributed by atoms with Gasteiger partial charge in [0.2, 0.25) is 10.0 Å². The summed E-state index contributed by atoms with van der Waals surface area (Å²) in [6.45, 7) is 2.21. The van der Waals surface area contributed by atoms with Gasteiger partial charge in [0.15, 0.2) is 5.82 Å². The molecular weight excluding hydrogens is 289 g/mol. The minimum Gasteiger partial charge on any atom is -0.384 e. The second kappa shape index (κ2) is 6.14. The molecule has 1 N–H and O–H groups in total. The van der Waals surface area contributed by atoms with Gasteiger partial charge in [-0.15, -0.1) is 0 Å². The number of hydrogen-bond acceptors (Lipinski definition) is 5. The molecule has 0 radical (unpaired) electrons. The highest BCUT2D eigenvalue weighted by atomic mass is 32.2. The molecule has 0 saturated carbocycles. The second-order valence-corrected chi connectivity index (χ2v) is 6.36. The molecule has 0 heterocycles. The maximum Gasteiger partial charge on any atom is 0.274 e. The van der Waals surface area contributed by atoms with Gasteiger partial charge in [0.25, 0.3) is 5.69 Å². The molecule has 0 aromatic heterocycles. The number of nitro benzene ring substituents is 1. The Morgan fingerprint density at radius 1 is 1.40 bits per heavy atom. The molecule has 0 atom stereocenters. The number of non-ortho nitro benzene ring substituents is 1.